The summed E-state index contributed by atoms with van der Waals surface area (Å²) in [5.41, 5.74) is 1.59. The van der Waals surface area contributed by atoms with Crippen molar-refractivity contribution in [3.8, 4) is 0 Å². The zero-order valence-electron chi connectivity index (χ0n) is 11.8. The molecule has 21 heavy (non-hydrogen) atoms. The summed E-state index contributed by atoms with van der Waals surface area (Å²) in [7, 11) is 0. The van der Waals surface area contributed by atoms with Crippen LogP contribution in [-0.4, -0.2) is 36.0 Å². The van der Waals surface area contributed by atoms with Gasteiger partial charge in [0.25, 0.3) is 0 Å². The summed E-state index contributed by atoms with van der Waals surface area (Å²) in [6.07, 6.45) is 0.748. The van der Waals surface area contributed by atoms with Gasteiger partial charge in [-0.25, -0.2) is 0 Å². The highest BCUT2D eigenvalue weighted by Gasteiger charge is 2.30. The van der Waals surface area contributed by atoms with Crippen LogP contribution >= 0.6 is 0 Å². The lowest BCUT2D eigenvalue weighted by molar-refractivity contribution is -0.137. The number of carboxylic acids is 1. The number of carbonyl (C=O) groups excluding carboxylic acids is 2. The molecule has 2 amide bonds. The lowest BCUT2D eigenvalue weighted by Gasteiger charge is -2.28. The van der Waals surface area contributed by atoms with E-state index in [1.165, 1.54) is 4.90 Å². The van der Waals surface area contributed by atoms with Crippen LogP contribution < -0.4 is 10.2 Å². The highest BCUT2D eigenvalue weighted by molar-refractivity contribution is 5.99. The number of anilines is 1. The molecule has 112 valence electrons. The number of piperidine rings is 1. The van der Waals surface area contributed by atoms with Gasteiger partial charge in [0.1, 0.15) is 6.54 Å². The Morgan fingerprint density at radius 1 is 1.33 bits per heavy atom. The predicted molar refractivity (Wildman–Crippen MR) is 76.9 cm³/mol. The number of benzene rings is 1. The Hall–Kier alpha value is -2.37. The Bertz CT molecular complexity index is 543. The summed E-state index contributed by atoms with van der Waals surface area (Å²) < 4.78 is 0. The Labute approximate surface area is 122 Å². The number of carbonyl (C=O) groups is 3. The van der Waals surface area contributed by atoms with Crippen LogP contribution in [0.1, 0.15) is 18.4 Å². The molecule has 0 spiro atoms. The van der Waals surface area contributed by atoms with Crippen molar-refractivity contribution in [2.45, 2.75) is 19.8 Å². The normalized spacial score (nSPS) is 18.0. The maximum absolute atomic E-state index is 12.5. The lowest BCUT2D eigenvalue weighted by atomic mass is 9.97. The lowest BCUT2D eigenvalue weighted by Crippen LogP contribution is -2.46. The Balaban J connectivity index is 2.18. The number of amides is 2. The fourth-order valence-electron chi connectivity index (χ4n) is 2.32. The van der Waals surface area contributed by atoms with Crippen molar-refractivity contribution in [2.24, 2.45) is 5.92 Å². The van der Waals surface area contributed by atoms with Crippen molar-refractivity contribution in [3.05, 3.63) is 29.8 Å². The second kappa shape index (κ2) is 6.39. The number of hydrogen-bond acceptors (Lipinski definition) is 3. The number of aliphatic carboxylic acids is 1. The predicted octanol–water partition coefficient (Wildman–Crippen LogP) is 0.939. The molecule has 2 N–H and O–H groups in total. The first-order chi connectivity index (χ1) is 9.97. The number of nitrogens with one attached hydrogen (secondary N) is 1. The van der Waals surface area contributed by atoms with Gasteiger partial charge in [-0.2, -0.15) is 0 Å². The van der Waals surface area contributed by atoms with Gasteiger partial charge in [0.2, 0.25) is 11.8 Å². The molecule has 1 unspecified atom stereocenters. The van der Waals surface area contributed by atoms with E-state index in [0.717, 1.165) is 5.56 Å². The molecular weight excluding hydrogens is 272 g/mol. The van der Waals surface area contributed by atoms with E-state index in [4.69, 9.17) is 5.11 Å². The summed E-state index contributed by atoms with van der Waals surface area (Å²) in [6, 6.07) is 7.13. The highest BCUT2D eigenvalue weighted by atomic mass is 16.4. The minimum atomic E-state index is -1.07. The molecule has 0 radical (unpaired) electrons. The van der Waals surface area contributed by atoms with E-state index in [1.807, 2.05) is 19.1 Å². The Kier molecular flexibility index (Phi) is 4.57. The van der Waals surface area contributed by atoms with Crippen molar-refractivity contribution in [1.29, 1.82) is 0 Å². The van der Waals surface area contributed by atoms with Crippen LogP contribution in [0, 0.1) is 12.8 Å². The molecule has 0 saturated carbocycles. The van der Waals surface area contributed by atoms with E-state index in [2.05, 4.69) is 5.32 Å². The average molecular weight is 290 g/mol. The van der Waals surface area contributed by atoms with E-state index in [0.29, 0.717) is 18.5 Å². The third kappa shape index (κ3) is 3.81. The molecular formula is C15H18N2O4. The van der Waals surface area contributed by atoms with E-state index in [9.17, 15) is 14.4 Å². The second-order valence-corrected chi connectivity index (χ2v) is 5.19. The fraction of sp³-hybridized carbons (Fsp3) is 0.400. The minimum absolute atomic E-state index is 0.0702. The standard InChI is InChI=1S/C15H18N2O4/c1-10-2-5-12(6-3-10)17(9-14(19)20)15(21)11-4-7-13(18)16-8-11/h2-3,5-6,11H,4,7-9H2,1H3,(H,16,18)(H,19,20). The molecule has 1 fully saturated rings. The minimum Gasteiger partial charge on any atom is -0.480 e. The second-order valence-electron chi connectivity index (χ2n) is 5.19. The molecule has 1 heterocycles. The SMILES string of the molecule is Cc1ccc(N(CC(=O)O)C(=O)C2CCC(=O)NC2)cc1. The molecule has 6 nitrogen and oxygen atoms in total. The van der Waals surface area contributed by atoms with Crippen LogP contribution in [-0.2, 0) is 14.4 Å². The van der Waals surface area contributed by atoms with Crippen LogP contribution in [0.4, 0.5) is 5.69 Å². The van der Waals surface area contributed by atoms with Gasteiger partial charge in [-0.15, -0.1) is 0 Å². The molecule has 0 aliphatic carbocycles. The van der Waals surface area contributed by atoms with Crippen LogP contribution in [0.3, 0.4) is 0 Å². The quantitative estimate of drug-likeness (QED) is 0.864. The number of nitrogens with zero attached hydrogens (tertiary/aromatic N) is 1. The topological polar surface area (TPSA) is 86.7 Å². The third-order valence-corrected chi connectivity index (χ3v) is 3.52. The zero-order valence-corrected chi connectivity index (χ0v) is 11.8. The van der Waals surface area contributed by atoms with Gasteiger partial charge in [0.15, 0.2) is 0 Å². The first-order valence-corrected chi connectivity index (χ1v) is 6.84. The maximum atomic E-state index is 12.5. The molecule has 1 atom stereocenters. The van der Waals surface area contributed by atoms with E-state index in [1.54, 1.807) is 12.1 Å². The first-order valence-electron chi connectivity index (χ1n) is 6.84. The van der Waals surface area contributed by atoms with Gasteiger partial charge in [0.05, 0.1) is 5.92 Å². The van der Waals surface area contributed by atoms with E-state index >= 15 is 0 Å². The largest absolute Gasteiger partial charge is 0.480 e. The van der Waals surface area contributed by atoms with Crippen LogP contribution in [0.15, 0.2) is 24.3 Å². The third-order valence-electron chi connectivity index (χ3n) is 3.52. The molecule has 1 aromatic rings. The van der Waals surface area contributed by atoms with Gasteiger partial charge in [-0.3, -0.25) is 14.4 Å². The number of carboxylic acid groups (broad SMARTS) is 1. The number of hydrogen-bond donors (Lipinski definition) is 2. The van der Waals surface area contributed by atoms with Gasteiger partial charge in [-0.1, -0.05) is 17.7 Å². The van der Waals surface area contributed by atoms with E-state index in [-0.39, 0.29) is 30.8 Å². The number of aryl methyl sites for hydroxylation is 1. The molecule has 1 aromatic carbocycles. The molecule has 1 saturated heterocycles. The smallest absolute Gasteiger partial charge is 0.323 e. The fourth-order valence-corrected chi connectivity index (χ4v) is 2.32. The van der Waals surface area contributed by atoms with Crippen molar-refractivity contribution >= 4 is 23.5 Å². The summed E-state index contributed by atoms with van der Waals surface area (Å²) in [4.78, 5) is 36.0. The monoisotopic (exact) mass is 290 g/mol. The first kappa shape index (κ1) is 15.0. The average Bonchev–Trinajstić information content (AvgIpc) is 2.46. The van der Waals surface area contributed by atoms with Crippen molar-refractivity contribution in [1.82, 2.24) is 5.32 Å². The summed E-state index contributed by atoms with van der Waals surface area (Å²) in [5.74, 6) is -1.77. The van der Waals surface area contributed by atoms with Crippen LogP contribution in [0.2, 0.25) is 0 Å². The molecule has 0 aromatic heterocycles. The Morgan fingerprint density at radius 3 is 2.52 bits per heavy atom. The summed E-state index contributed by atoms with van der Waals surface area (Å²) in [6.45, 7) is 1.80. The van der Waals surface area contributed by atoms with Crippen LogP contribution in [0.25, 0.3) is 0 Å². The van der Waals surface area contributed by atoms with Crippen molar-refractivity contribution in [3.63, 3.8) is 0 Å². The molecule has 2 rings (SSSR count). The highest BCUT2D eigenvalue weighted by Crippen LogP contribution is 2.21. The Morgan fingerprint density at radius 2 is 2.00 bits per heavy atom. The number of rotatable bonds is 4. The van der Waals surface area contributed by atoms with Crippen molar-refractivity contribution < 1.29 is 19.5 Å². The molecule has 0 bridgehead atoms. The van der Waals surface area contributed by atoms with Crippen molar-refractivity contribution in [2.75, 3.05) is 18.0 Å². The van der Waals surface area contributed by atoms with Gasteiger partial charge >= 0.3 is 5.97 Å². The van der Waals surface area contributed by atoms with Crippen LogP contribution in [0.5, 0.6) is 0 Å². The zero-order chi connectivity index (χ0) is 15.4. The summed E-state index contributed by atoms with van der Waals surface area (Å²) in [5, 5.41) is 11.7. The molecule has 6 heteroatoms. The summed E-state index contributed by atoms with van der Waals surface area (Å²) >= 11 is 0. The van der Waals surface area contributed by atoms with E-state index < -0.39 is 5.97 Å². The van der Waals surface area contributed by atoms with Gasteiger partial charge in [0, 0.05) is 18.7 Å². The van der Waals surface area contributed by atoms with Gasteiger partial charge < -0.3 is 15.3 Å². The van der Waals surface area contributed by atoms with Gasteiger partial charge in [-0.05, 0) is 25.5 Å². The molecule has 1 aliphatic heterocycles. The maximum Gasteiger partial charge on any atom is 0.323 e. The molecule has 1 aliphatic rings.